The molecule has 0 radical (unpaired) electrons. The molecule has 0 atom stereocenters. The average molecular weight is 232 g/mol. The molecule has 0 N–H and O–H groups in total. The van der Waals surface area contributed by atoms with Crippen LogP contribution in [-0.2, 0) is 0 Å². The van der Waals surface area contributed by atoms with Crippen molar-refractivity contribution in [3.8, 4) is 5.75 Å². The number of rotatable bonds is 3. The van der Waals surface area contributed by atoms with Crippen molar-refractivity contribution in [1.82, 2.24) is 0 Å². The fourth-order valence-corrected chi connectivity index (χ4v) is 0.722. The smallest absolute Gasteiger partial charge is 0.522 e. The molecule has 0 saturated heterocycles. The van der Waals surface area contributed by atoms with Crippen molar-refractivity contribution in [2.45, 2.75) is 0 Å². The Bertz CT molecular complexity index is 274. The van der Waals surface area contributed by atoms with E-state index in [-0.39, 0.29) is 57.1 Å². The van der Waals surface area contributed by atoms with Gasteiger partial charge in [0.2, 0.25) is 0 Å². The summed E-state index contributed by atoms with van der Waals surface area (Å²) in [4.78, 5) is 0. The van der Waals surface area contributed by atoms with Crippen molar-refractivity contribution in [3.05, 3.63) is 30.1 Å². The normalized spacial score (nSPS) is 10.6. The van der Waals surface area contributed by atoms with Gasteiger partial charge in [-0.2, -0.15) is 0 Å². The zero-order valence-electron chi connectivity index (χ0n) is 7.51. The van der Waals surface area contributed by atoms with Gasteiger partial charge in [0, 0.05) is 0 Å². The molecule has 1 rings (SSSR count). The zero-order valence-corrected chi connectivity index (χ0v) is 10.6. The van der Waals surface area contributed by atoms with E-state index >= 15 is 0 Å². The van der Waals surface area contributed by atoms with Crippen LogP contribution in [0.25, 0.3) is 0 Å². The van der Waals surface area contributed by atoms with Crippen LogP contribution in [0.1, 0.15) is 0 Å². The third-order valence-electron chi connectivity index (χ3n) is 1.25. The molecule has 0 aliphatic heterocycles. The van der Waals surface area contributed by atoms with Gasteiger partial charge in [-0.25, -0.2) is 4.39 Å². The summed E-state index contributed by atoms with van der Waals surface area (Å²) in [6, 6.07) is 4.38. The molecule has 0 amide bonds. The Morgan fingerprint density at radius 3 is 2.00 bits per heavy atom. The predicted octanol–water partition coefficient (Wildman–Crippen LogP) is -0.405. The molecule has 1 aromatic rings. The topological polar surface area (TPSA) is 9.23 Å². The molecule has 0 fully saturated rings. The standard InChI is InChI=1S/C7H6BF4O.K/c9-6-1-3-7(4-2-6)13-5-8(10,11)12;/h1-4H,5H2;/q-1;+1. The Labute approximate surface area is 121 Å². The fourth-order valence-electron chi connectivity index (χ4n) is 0.722. The van der Waals surface area contributed by atoms with Gasteiger partial charge in [-0.05, 0) is 24.3 Å². The summed E-state index contributed by atoms with van der Waals surface area (Å²) in [6.45, 7) is -6.25. The van der Waals surface area contributed by atoms with E-state index in [1.54, 1.807) is 0 Å². The van der Waals surface area contributed by atoms with Crippen LogP contribution in [0.4, 0.5) is 17.3 Å². The van der Waals surface area contributed by atoms with Crippen molar-refractivity contribution in [1.29, 1.82) is 0 Å². The second-order valence-electron chi connectivity index (χ2n) is 2.48. The van der Waals surface area contributed by atoms with Crippen molar-refractivity contribution < 1.29 is 73.5 Å². The molecule has 7 heteroatoms. The molecule has 1 aromatic carbocycles. The Balaban J connectivity index is 0.00000169. The molecule has 0 bridgehead atoms. The van der Waals surface area contributed by atoms with Gasteiger partial charge in [0.05, 0.1) is 6.51 Å². The molecule has 0 aliphatic carbocycles. The summed E-state index contributed by atoms with van der Waals surface area (Å²) in [5.41, 5.74) is 0. The molecule has 0 heterocycles. The number of hydrogen-bond donors (Lipinski definition) is 0. The van der Waals surface area contributed by atoms with Gasteiger partial charge in [-0.15, -0.1) is 0 Å². The molecule has 0 spiro atoms. The molecule has 14 heavy (non-hydrogen) atoms. The maximum Gasteiger partial charge on any atom is 1.00 e. The molecular formula is C7H6BF4KO. The predicted molar refractivity (Wildman–Crippen MR) is 41.0 cm³/mol. The van der Waals surface area contributed by atoms with Crippen LogP contribution in [0.15, 0.2) is 24.3 Å². The monoisotopic (exact) mass is 232 g/mol. The van der Waals surface area contributed by atoms with Crippen LogP contribution < -0.4 is 56.1 Å². The third-order valence-corrected chi connectivity index (χ3v) is 1.25. The van der Waals surface area contributed by atoms with Crippen LogP contribution in [0.3, 0.4) is 0 Å². The maximum absolute atomic E-state index is 12.3. The van der Waals surface area contributed by atoms with E-state index in [4.69, 9.17) is 0 Å². The van der Waals surface area contributed by atoms with Crippen LogP contribution >= 0.6 is 0 Å². The SMILES string of the molecule is Fc1ccc(OC[B-](F)(F)F)cc1.[K+]. The van der Waals surface area contributed by atoms with Gasteiger partial charge in [-0.3, -0.25) is 0 Å². The maximum atomic E-state index is 12.3. The second-order valence-corrected chi connectivity index (χ2v) is 2.48. The second kappa shape index (κ2) is 6.12. The quantitative estimate of drug-likeness (QED) is 0.508. The number of hydrogen-bond acceptors (Lipinski definition) is 1. The van der Waals surface area contributed by atoms with E-state index in [0.717, 1.165) is 24.3 Å². The number of ether oxygens (including phenoxy) is 1. The van der Waals surface area contributed by atoms with Crippen LogP contribution in [-0.4, -0.2) is 13.5 Å². The van der Waals surface area contributed by atoms with Gasteiger partial charge in [0.15, 0.2) is 0 Å². The first-order valence-electron chi connectivity index (χ1n) is 3.57. The van der Waals surface area contributed by atoms with Crippen molar-refractivity contribution in [2.24, 2.45) is 0 Å². The van der Waals surface area contributed by atoms with E-state index in [9.17, 15) is 17.3 Å². The van der Waals surface area contributed by atoms with Crippen molar-refractivity contribution >= 4 is 6.98 Å². The molecule has 72 valence electrons. The van der Waals surface area contributed by atoms with Crippen molar-refractivity contribution in [3.63, 3.8) is 0 Å². The molecular weight excluding hydrogens is 226 g/mol. The van der Waals surface area contributed by atoms with Crippen LogP contribution in [0.2, 0.25) is 0 Å². The van der Waals surface area contributed by atoms with E-state index in [0.29, 0.717) is 0 Å². The number of benzene rings is 1. The van der Waals surface area contributed by atoms with Gasteiger partial charge in [0.1, 0.15) is 11.6 Å². The average Bonchev–Trinajstić information content (AvgIpc) is 2.02. The van der Waals surface area contributed by atoms with Gasteiger partial charge in [-0.1, -0.05) is 0 Å². The Morgan fingerprint density at radius 1 is 1.07 bits per heavy atom. The minimum absolute atomic E-state index is 0. The summed E-state index contributed by atoms with van der Waals surface area (Å²) in [5.74, 6) is -0.495. The molecule has 0 aromatic heterocycles. The first-order chi connectivity index (χ1) is 5.97. The Hall–Kier alpha value is 0.441. The van der Waals surface area contributed by atoms with E-state index in [1.165, 1.54) is 0 Å². The van der Waals surface area contributed by atoms with Gasteiger partial charge < -0.3 is 17.7 Å². The van der Waals surface area contributed by atoms with Crippen LogP contribution in [0.5, 0.6) is 5.75 Å². The third kappa shape index (κ3) is 6.02. The summed E-state index contributed by atoms with van der Waals surface area (Å²) < 4.78 is 51.7. The largest absolute Gasteiger partial charge is 1.00 e. The Morgan fingerprint density at radius 2 is 1.57 bits per heavy atom. The zero-order chi connectivity index (χ0) is 9.90. The minimum atomic E-state index is -4.95. The first kappa shape index (κ1) is 14.4. The Kier molecular flexibility index (Phi) is 6.31. The molecule has 0 aliphatic rings. The summed E-state index contributed by atoms with van der Waals surface area (Å²) in [7, 11) is 0. The molecule has 0 saturated carbocycles. The molecule has 0 unspecified atom stereocenters. The molecule has 1 nitrogen and oxygen atoms in total. The van der Waals surface area contributed by atoms with Gasteiger partial charge in [0.25, 0.3) is 0 Å². The van der Waals surface area contributed by atoms with Crippen LogP contribution in [0, 0.1) is 5.82 Å². The fraction of sp³-hybridized carbons (Fsp3) is 0.143. The van der Waals surface area contributed by atoms with E-state index in [1.807, 2.05) is 0 Å². The number of halogens is 4. The van der Waals surface area contributed by atoms with E-state index in [2.05, 4.69) is 4.74 Å². The van der Waals surface area contributed by atoms with Crippen molar-refractivity contribution in [2.75, 3.05) is 6.51 Å². The summed E-state index contributed by atoms with van der Waals surface area (Å²) in [6.07, 6.45) is 0. The van der Waals surface area contributed by atoms with E-state index < -0.39 is 19.3 Å². The minimum Gasteiger partial charge on any atom is -0.522 e. The summed E-state index contributed by atoms with van der Waals surface area (Å²) >= 11 is 0. The summed E-state index contributed by atoms with van der Waals surface area (Å²) in [5, 5.41) is 0. The van der Waals surface area contributed by atoms with Gasteiger partial charge >= 0.3 is 58.4 Å². The first-order valence-corrected chi connectivity index (χ1v) is 3.57.